The molecule has 0 radical (unpaired) electrons. The lowest BCUT2D eigenvalue weighted by Gasteiger charge is -2.43. The molecule has 0 bridgehead atoms. The summed E-state index contributed by atoms with van der Waals surface area (Å²) in [6.07, 6.45) is 2.44. The number of likely N-dealkylation sites (tertiary alicyclic amines) is 1. The van der Waals surface area contributed by atoms with Crippen LogP contribution >= 0.6 is 0 Å². The molecule has 13 heteroatoms. The van der Waals surface area contributed by atoms with Crippen molar-refractivity contribution >= 4 is 23.8 Å². The zero-order valence-electron chi connectivity index (χ0n) is 25.1. The number of furan rings is 1. The second kappa shape index (κ2) is 13.4. The van der Waals surface area contributed by atoms with Gasteiger partial charge in [-0.2, -0.15) is 0 Å². The van der Waals surface area contributed by atoms with Gasteiger partial charge in [0.05, 0.1) is 38.1 Å². The maximum Gasteiger partial charge on any atom is 0.407 e. The predicted octanol–water partition coefficient (Wildman–Crippen LogP) is 3.24. The third-order valence-corrected chi connectivity index (χ3v) is 7.29. The smallest absolute Gasteiger partial charge is 0.407 e. The van der Waals surface area contributed by atoms with Gasteiger partial charge in [0.1, 0.15) is 23.0 Å². The Morgan fingerprint density at radius 1 is 1.17 bits per heavy atom. The quantitative estimate of drug-likeness (QED) is 0.424. The molecular formula is C29H43N7O6. The maximum atomic E-state index is 14.3. The number of ether oxygens (including phenoxy) is 1. The molecule has 13 nitrogen and oxygen atoms in total. The first-order valence-corrected chi connectivity index (χ1v) is 14.5. The lowest BCUT2D eigenvalue weighted by atomic mass is 9.95. The van der Waals surface area contributed by atoms with E-state index in [0.29, 0.717) is 63.2 Å². The maximum absolute atomic E-state index is 14.3. The van der Waals surface area contributed by atoms with E-state index in [1.54, 1.807) is 28.3 Å². The van der Waals surface area contributed by atoms with Gasteiger partial charge in [-0.05, 0) is 24.5 Å². The normalized spacial score (nSPS) is 19.5. The number of nitrogens with zero attached hydrogens (tertiary/aromatic N) is 5. The van der Waals surface area contributed by atoms with Crippen molar-refractivity contribution in [1.82, 2.24) is 30.0 Å². The van der Waals surface area contributed by atoms with E-state index in [1.165, 1.54) is 4.90 Å². The number of carbonyl (C=O) groups is 3. The molecule has 4 heterocycles. The Balaban J connectivity index is 1.62. The number of morpholine rings is 1. The Hall–Kier alpha value is -3.87. The van der Waals surface area contributed by atoms with E-state index < -0.39 is 18.2 Å². The molecule has 2 atom stereocenters. The van der Waals surface area contributed by atoms with Crippen LogP contribution in [-0.4, -0.2) is 106 Å². The molecule has 2 aromatic heterocycles. The molecule has 2 fully saturated rings. The summed E-state index contributed by atoms with van der Waals surface area (Å²) in [5, 5.41) is 16.2. The zero-order valence-corrected chi connectivity index (χ0v) is 25.1. The molecule has 2 aliphatic rings. The third kappa shape index (κ3) is 7.90. The van der Waals surface area contributed by atoms with Crippen molar-refractivity contribution in [2.24, 2.45) is 5.92 Å². The summed E-state index contributed by atoms with van der Waals surface area (Å²) in [5.41, 5.74) is -0.0611. The second-order valence-electron chi connectivity index (χ2n) is 12.3. The van der Waals surface area contributed by atoms with E-state index in [-0.39, 0.29) is 41.9 Å². The van der Waals surface area contributed by atoms with Crippen LogP contribution in [0.25, 0.3) is 0 Å². The predicted molar refractivity (Wildman–Crippen MR) is 155 cm³/mol. The molecule has 4 rings (SSSR count). The van der Waals surface area contributed by atoms with Crippen molar-refractivity contribution in [2.75, 3.05) is 51.3 Å². The molecule has 2 aliphatic heterocycles. The Kier molecular flexibility index (Phi) is 9.92. The summed E-state index contributed by atoms with van der Waals surface area (Å²) in [4.78, 5) is 53.3. The van der Waals surface area contributed by atoms with Crippen molar-refractivity contribution in [3.05, 3.63) is 41.7 Å². The van der Waals surface area contributed by atoms with Gasteiger partial charge in [-0.25, -0.2) is 19.6 Å². The van der Waals surface area contributed by atoms with Gasteiger partial charge in [-0.1, -0.05) is 34.6 Å². The number of aromatic nitrogens is 2. The number of carbonyl (C=O) groups excluding carboxylic acids is 2. The first-order chi connectivity index (χ1) is 19.9. The Bertz CT molecular complexity index is 1220. The van der Waals surface area contributed by atoms with Gasteiger partial charge in [0.25, 0.3) is 5.91 Å². The van der Waals surface area contributed by atoms with Gasteiger partial charge < -0.3 is 39.6 Å². The highest BCUT2D eigenvalue weighted by Gasteiger charge is 2.38. The highest BCUT2D eigenvalue weighted by molar-refractivity contribution is 5.98. The van der Waals surface area contributed by atoms with Gasteiger partial charge in [0, 0.05) is 44.3 Å². The van der Waals surface area contributed by atoms with Crippen LogP contribution in [0, 0.1) is 5.92 Å². The molecule has 0 saturated carbocycles. The number of amides is 4. The molecule has 230 valence electrons. The monoisotopic (exact) mass is 585 g/mol. The highest BCUT2D eigenvalue weighted by Crippen LogP contribution is 2.26. The minimum Gasteiger partial charge on any atom is -0.467 e. The number of nitrogens with one attached hydrogen (secondary N) is 2. The lowest BCUT2D eigenvalue weighted by Crippen LogP contribution is -2.61. The number of hydrogen-bond donors (Lipinski definition) is 3. The number of carboxylic acid groups (broad SMARTS) is 1. The topological polar surface area (TPSA) is 153 Å². The van der Waals surface area contributed by atoms with Crippen molar-refractivity contribution < 1.29 is 28.6 Å². The Labute approximate surface area is 246 Å². The average molecular weight is 586 g/mol. The van der Waals surface area contributed by atoms with Gasteiger partial charge >= 0.3 is 12.1 Å². The number of urea groups is 1. The fourth-order valence-corrected chi connectivity index (χ4v) is 5.16. The van der Waals surface area contributed by atoms with Crippen LogP contribution in [0.5, 0.6) is 0 Å². The van der Waals surface area contributed by atoms with E-state index in [1.807, 2.05) is 40.7 Å². The van der Waals surface area contributed by atoms with Gasteiger partial charge in [0.15, 0.2) is 0 Å². The molecule has 0 aromatic carbocycles. The highest BCUT2D eigenvalue weighted by atomic mass is 16.5. The van der Waals surface area contributed by atoms with Gasteiger partial charge in [0.2, 0.25) is 0 Å². The zero-order chi connectivity index (χ0) is 30.4. The molecule has 42 heavy (non-hydrogen) atoms. The molecule has 0 aliphatic carbocycles. The van der Waals surface area contributed by atoms with Crippen molar-refractivity contribution in [2.45, 2.75) is 65.1 Å². The number of anilines is 1. The van der Waals surface area contributed by atoms with Gasteiger partial charge in [-0.15, -0.1) is 0 Å². The van der Waals surface area contributed by atoms with Crippen molar-refractivity contribution in [3.63, 3.8) is 0 Å². The number of hydrogen-bond acceptors (Lipinski definition) is 8. The average Bonchev–Trinajstić information content (AvgIpc) is 3.48. The van der Waals surface area contributed by atoms with Crippen molar-refractivity contribution in [1.29, 1.82) is 0 Å². The van der Waals surface area contributed by atoms with Crippen LogP contribution in [0.15, 0.2) is 29.0 Å². The van der Waals surface area contributed by atoms with E-state index in [2.05, 4.69) is 15.6 Å². The Morgan fingerprint density at radius 3 is 2.52 bits per heavy atom. The largest absolute Gasteiger partial charge is 0.467 e. The van der Waals surface area contributed by atoms with Gasteiger partial charge in [-0.3, -0.25) is 4.79 Å². The van der Waals surface area contributed by atoms with E-state index in [4.69, 9.17) is 14.1 Å². The summed E-state index contributed by atoms with van der Waals surface area (Å²) in [7, 11) is 0. The van der Waals surface area contributed by atoms with Crippen LogP contribution in [0.4, 0.5) is 15.4 Å². The number of piperidine rings is 1. The molecule has 0 spiro atoms. The number of rotatable bonds is 8. The van der Waals surface area contributed by atoms with Crippen LogP contribution in [0.2, 0.25) is 0 Å². The van der Waals surface area contributed by atoms with E-state index in [9.17, 15) is 19.5 Å². The summed E-state index contributed by atoms with van der Waals surface area (Å²) in [6.45, 7) is 12.9. The van der Waals surface area contributed by atoms with Crippen LogP contribution in [0.3, 0.4) is 0 Å². The lowest BCUT2D eigenvalue weighted by molar-refractivity contribution is 0.0410. The molecule has 4 amide bonds. The van der Waals surface area contributed by atoms with Crippen LogP contribution in [0.1, 0.15) is 63.0 Å². The fourth-order valence-electron chi connectivity index (χ4n) is 5.16. The molecule has 0 unspecified atom stereocenters. The SMILES string of the molecule is CC(C)CN(C(=O)c1cnc(C(C)(C)C)nc1NCc1ccco1)[C@H]1C[C@@H](NC(=O)N2CCOCC2)CN(C(=O)O)C1. The molecule has 2 saturated heterocycles. The Morgan fingerprint density at radius 2 is 1.90 bits per heavy atom. The second-order valence-corrected chi connectivity index (χ2v) is 12.3. The summed E-state index contributed by atoms with van der Waals surface area (Å²) in [6, 6.07) is 2.43. The standard InChI is InChI=1S/C29H43N7O6/c1-19(2)16-36(21-13-20(17-35(18-21)28(39)40)32-27(38)34-8-11-41-12-9-34)25(37)23-15-31-26(29(3,4)5)33-24(23)30-14-22-7-6-10-42-22/h6-7,10,15,19-21H,8-9,11-14,16-18H2,1-5H3,(H,32,38)(H,39,40)(H,30,31,33)/t20-,21+/m1/s1. The molecule has 2 aromatic rings. The summed E-state index contributed by atoms with van der Waals surface area (Å²) >= 11 is 0. The van der Waals surface area contributed by atoms with Crippen LogP contribution < -0.4 is 10.6 Å². The van der Waals surface area contributed by atoms with E-state index >= 15 is 0 Å². The van der Waals surface area contributed by atoms with E-state index in [0.717, 1.165) is 0 Å². The summed E-state index contributed by atoms with van der Waals surface area (Å²) < 4.78 is 10.8. The fraction of sp³-hybridized carbons (Fsp3) is 0.621. The molecule has 3 N–H and O–H groups in total. The molecular weight excluding hydrogens is 542 g/mol. The first kappa shape index (κ1) is 31.1. The minimum absolute atomic E-state index is 0.102. The first-order valence-electron chi connectivity index (χ1n) is 14.5. The minimum atomic E-state index is -1.10. The summed E-state index contributed by atoms with van der Waals surface area (Å²) in [5.74, 6) is 1.45. The third-order valence-electron chi connectivity index (χ3n) is 7.29. The van der Waals surface area contributed by atoms with Crippen molar-refractivity contribution in [3.8, 4) is 0 Å². The van der Waals surface area contributed by atoms with Crippen LogP contribution in [-0.2, 0) is 16.7 Å².